The highest BCUT2D eigenvalue weighted by atomic mass is 16.5. The first-order valence-corrected chi connectivity index (χ1v) is 5.16. The van der Waals surface area contributed by atoms with Gasteiger partial charge in [-0.1, -0.05) is 6.07 Å². The van der Waals surface area contributed by atoms with Crippen LogP contribution in [0.25, 0.3) is 0 Å². The summed E-state index contributed by atoms with van der Waals surface area (Å²) < 4.78 is 5.57. The number of carbonyl (C=O) groups is 1. The molecule has 0 radical (unpaired) electrons. The van der Waals surface area contributed by atoms with Gasteiger partial charge in [0.2, 0.25) is 0 Å². The molecule has 0 atom stereocenters. The number of carbonyl (C=O) groups excluding carboxylic acids is 1. The molecule has 0 unspecified atom stereocenters. The van der Waals surface area contributed by atoms with E-state index in [1.807, 2.05) is 25.1 Å². The summed E-state index contributed by atoms with van der Waals surface area (Å²) in [6, 6.07) is 5.62. The normalized spacial score (nSPS) is 9.93. The first-order chi connectivity index (χ1) is 7.24. The number of benzene rings is 1. The predicted octanol–water partition coefficient (Wildman–Crippen LogP) is 2.33. The number of hydrogen-bond acceptors (Lipinski definition) is 3. The van der Waals surface area contributed by atoms with Gasteiger partial charge >= 0.3 is 0 Å². The van der Waals surface area contributed by atoms with Crippen LogP contribution in [0.2, 0.25) is 0 Å². The van der Waals surface area contributed by atoms with Gasteiger partial charge in [0.25, 0.3) is 0 Å². The number of hydrogen-bond donors (Lipinski definition) is 1. The monoisotopic (exact) mass is 207 g/mol. The van der Waals surface area contributed by atoms with Crippen molar-refractivity contribution in [2.75, 3.05) is 12.3 Å². The topological polar surface area (TPSA) is 52.3 Å². The molecule has 0 aromatic heterocycles. The Morgan fingerprint density at radius 2 is 2.20 bits per heavy atom. The molecule has 1 aromatic carbocycles. The van der Waals surface area contributed by atoms with Crippen LogP contribution < -0.4 is 10.5 Å². The predicted molar refractivity (Wildman–Crippen MR) is 61.0 cm³/mol. The van der Waals surface area contributed by atoms with Gasteiger partial charge in [0.15, 0.2) is 0 Å². The molecule has 3 nitrogen and oxygen atoms in total. The number of nitrogens with two attached hydrogens (primary N) is 1. The van der Waals surface area contributed by atoms with Gasteiger partial charge in [-0.2, -0.15) is 0 Å². The highest BCUT2D eigenvalue weighted by molar-refractivity contribution is 5.49. The lowest BCUT2D eigenvalue weighted by Crippen LogP contribution is -1.99. The zero-order valence-electron chi connectivity index (χ0n) is 9.03. The number of aryl methyl sites for hydroxylation is 1. The van der Waals surface area contributed by atoms with Crippen molar-refractivity contribution in [3.8, 4) is 5.75 Å². The van der Waals surface area contributed by atoms with E-state index in [4.69, 9.17) is 10.5 Å². The summed E-state index contributed by atoms with van der Waals surface area (Å²) in [7, 11) is 0. The lowest BCUT2D eigenvalue weighted by atomic mass is 10.2. The van der Waals surface area contributed by atoms with Crippen LogP contribution in [0.15, 0.2) is 18.2 Å². The molecule has 0 heterocycles. The van der Waals surface area contributed by atoms with Crippen molar-refractivity contribution in [2.45, 2.75) is 26.2 Å². The van der Waals surface area contributed by atoms with Crippen LogP contribution in [0, 0.1) is 6.92 Å². The van der Waals surface area contributed by atoms with Crippen molar-refractivity contribution in [1.82, 2.24) is 0 Å². The van der Waals surface area contributed by atoms with E-state index in [1.54, 1.807) is 0 Å². The maximum atomic E-state index is 10.1. The Labute approximate surface area is 90.2 Å². The summed E-state index contributed by atoms with van der Waals surface area (Å²) in [6.07, 6.45) is 3.32. The van der Waals surface area contributed by atoms with E-state index in [2.05, 4.69) is 0 Å². The lowest BCUT2D eigenvalue weighted by Gasteiger charge is -2.09. The van der Waals surface area contributed by atoms with Gasteiger partial charge in [0.1, 0.15) is 12.0 Å². The van der Waals surface area contributed by atoms with Gasteiger partial charge in [-0.15, -0.1) is 0 Å². The van der Waals surface area contributed by atoms with Crippen LogP contribution in [0.4, 0.5) is 5.69 Å². The molecule has 2 N–H and O–H groups in total. The van der Waals surface area contributed by atoms with Crippen molar-refractivity contribution in [3.63, 3.8) is 0 Å². The third-order valence-electron chi connectivity index (χ3n) is 2.19. The average Bonchev–Trinajstić information content (AvgIpc) is 2.23. The van der Waals surface area contributed by atoms with Crippen molar-refractivity contribution in [3.05, 3.63) is 23.8 Å². The van der Waals surface area contributed by atoms with E-state index in [1.165, 1.54) is 0 Å². The molecule has 0 bridgehead atoms. The first-order valence-electron chi connectivity index (χ1n) is 5.16. The van der Waals surface area contributed by atoms with Crippen LogP contribution in [0.1, 0.15) is 24.8 Å². The fourth-order valence-electron chi connectivity index (χ4n) is 1.28. The molecule has 0 saturated carbocycles. The summed E-state index contributed by atoms with van der Waals surface area (Å²) in [4.78, 5) is 10.1. The fraction of sp³-hybridized carbons (Fsp3) is 0.417. The Morgan fingerprint density at radius 1 is 1.40 bits per heavy atom. The summed E-state index contributed by atoms with van der Waals surface area (Å²) in [6.45, 7) is 2.62. The standard InChI is InChI=1S/C12H17NO2/c1-10-5-6-11(13)9-12(10)15-8-4-2-3-7-14/h5-7,9H,2-4,8,13H2,1H3. The molecule has 3 heteroatoms. The number of ether oxygens (including phenoxy) is 1. The van der Waals surface area contributed by atoms with Crippen molar-refractivity contribution in [1.29, 1.82) is 0 Å². The second-order valence-corrected chi connectivity index (χ2v) is 3.54. The molecule has 82 valence electrons. The minimum Gasteiger partial charge on any atom is -0.493 e. The van der Waals surface area contributed by atoms with Crippen LogP contribution in [0.3, 0.4) is 0 Å². The highest BCUT2D eigenvalue weighted by Crippen LogP contribution is 2.20. The third-order valence-corrected chi connectivity index (χ3v) is 2.19. The van der Waals surface area contributed by atoms with Crippen LogP contribution >= 0.6 is 0 Å². The van der Waals surface area contributed by atoms with Crippen molar-refractivity contribution in [2.24, 2.45) is 0 Å². The maximum Gasteiger partial charge on any atom is 0.124 e. The molecule has 0 saturated heterocycles. The Kier molecular flexibility index (Phi) is 4.68. The Hall–Kier alpha value is -1.51. The summed E-state index contributed by atoms with van der Waals surface area (Å²) >= 11 is 0. The van der Waals surface area contributed by atoms with Gasteiger partial charge in [0, 0.05) is 18.2 Å². The third kappa shape index (κ3) is 4.02. The number of anilines is 1. The van der Waals surface area contributed by atoms with E-state index in [0.717, 1.165) is 30.4 Å². The summed E-state index contributed by atoms with van der Waals surface area (Å²) in [5, 5.41) is 0. The van der Waals surface area contributed by atoms with Crippen LogP contribution in [-0.4, -0.2) is 12.9 Å². The molecule has 0 spiro atoms. The highest BCUT2D eigenvalue weighted by Gasteiger charge is 1.99. The molecule has 0 amide bonds. The molecule has 1 rings (SSSR count). The zero-order chi connectivity index (χ0) is 11.1. The van der Waals surface area contributed by atoms with E-state index in [9.17, 15) is 4.79 Å². The van der Waals surface area contributed by atoms with Gasteiger partial charge in [-0.25, -0.2) is 0 Å². The Bertz CT molecular complexity index is 323. The molecule has 0 aliphatic carbocycles. The van der Waals surface area contributed by atoms with Gasteiger partial charge < -0.3 is 15.3 Å². The molecule has 15 heavy (non-hydrogen) atoms. The average molecular weight is 207 g/mol. The van der Waals surface area contributed by atoms with E-state index in [0.29, 0.717) is 18.7 Å². The molecule has 1 aromatic rings. The van der Waals surface area contributed by atoms with Crippen molar-refractivity contribution >= 4 is 12.0 Å². The quantitative estimate of drug-likeness (QED) is 0.442. The van der Waals surface area contributed by atoms with E-state index < -0.39 is 0 Å². The van der Waals surface area contributed by atoms with Gasteiger partial charge in [-0.05, 0) is 31.4 Å². The maximum absolute atomic E-state index is 10.1. The minimum absolute atomic E-state index is 0.610. The second-order valence-electron chi connectivity index (χ2n) is 3.54. The van der Waals surface area contributed by atoms with Gasteiger partial charge in [-0.3, -0.25) is 0 Å². The van der Waals surface area contributed by atoms with Crippen LogP contribution in [-0.2, 0) is 4.79 Å². The zero-order valence-corrected chi connectivity index (χ0v) is 9.03. The molecular formula is C12H17NO2. The molecule has 0 fully saturated rings. The molecule has 0 aliphatic heterocycles. The SMILES string of the molecule is Cc1ccc(N)cc1OCCCCC=O. The van der Waals surface area contributed by atoms with E-state index in [-0.39, 0.29) is 0 Å². The second kappa shape index (κ2) is 6.06. The van der Waals surface area contributed by atoms with Crippen molar-refractivity contribution < 1.29 is 9.53 Å². The van der Waals surface area contributed by atoms with Gasteiger partial charge in [0.05, 0.1) is 6.61 Å². The fourth-order valence-corrected chi connectivity index (χ4v) is 1.28. The first kappa shape index (κ1) is 11.6. The number of unbranched alkanes of at least 4 members (excludes halogenated alkanes) is 2. The van der Waals surface area contributed by atoms with E-state index >= 15 is 0 Å². The molecule has 0 aliphatic rings. The largest absolute Gasteiger partial charge is 0.493 e. The number of aldehydes is 1. The summed E-state index contributed by atoms with van der Waals surface area (Å²) in [5.41, 5.74) is 7.45. The number of nitrogen functional groups attached to an aromatic ring is 1. The number of rotatable bonds is 6. The Balaban J connectivity index is 2.36. The summed E-state index contributed by atoms with van der Waals surface area (Å²) in [5.74, 6) is 0.834. The van der Waals surface area contributed by atoms with Crippen LogP contribution in [0.5, 0.6) is 5.75 Å². The molecular weight excluding hydrogens is 190 g/mol. The minimum atomic E-state index is 0.610. The Morgan fingerprint density at radius 3 is 2.93 bits per heavy atom. The smallest absolute Gasteiger partial charge is 0.124 e. The lowest BCUT2D eigenvalue weighted by molar-refractivity contribution is -0.107.